The number of nitrogens with one attached hydrogen (secondary N) is 1. The van der Waals surface area contributed by atoms with Crippen molar-refractivity contribution in [1.29, 1.82) is 0 Å². The van der Waals surface area contributed by atoms with Crippen LogP contribution in [0.4, 0.5) is 4.79 Å². The molecule has 0 bridgehead atoms. The highest BCUT2D eigenvalue weighted by Gasteiger charge is 2.15. The van der Waals surface area contributed by atoms with Crippen molar-refractivity contribution >= 4 is 6.09 Å². The molecule has 0 heterocycles. The average molecular weight is 356 g/mol. The number of rotatable bonds is 16. The Labute approximate surface area is 157 Å². The van der Waals surface area contributed by atoms with Gasteiger partial charge in [-0.15, -0.1) is 0 Å². The number of alkyl carbamates (subject to hydrolysis) is 1. The van der Waals surface area contributed by atoms with E-state index in [0.717, 1.165) is 13.0 Å². The van der Waals surface area contributed by atoms with Gasteiger partial charge in [0.05, 0.1) is 0 Å². The van der Waals surface area contributed by atoms with Gasteiger partial charge in [0.1, 0.15) is 5.60 Å². The summed E-state index contributed by atoms with van der Waals surface area (Å²) in [4.78, 5) is 11.5. The van der Waals surface area contributed by atoms with Crippen LogP contribution in [-0.2, 0) is 4.74 Å². The summed E-state index contributed by atoms with van der Waals surface area (Å²) >= 11 is 0. The summed E-state index contributed by atoms with van der Waals surface area (Å²) in [5.41, 5.74) is -0.404. The first-order valence-corrected chi connectivity index (χ1v) is 10.9. The quantitative estimate of drug-likeness (QED) is 0.293. The second-order valence-corrected chi connectivity index (χ2v) is 8.38. The lowest BCUT2D eigenvalue weighted by Crippen LogP contribution is -2.32. The summed E-state index contributed by atoms with van der Waals surface area (Å²) in [6.07, 6.45) is 20.1. The zero-order valence-electron chi connectivity index (χ0n) is 17.6. The summed E-state index contributed by atoms with van der Waals surface area (Å²) in [7, 11) is 0. The van der Waals surface area contributed by atoms with Gasteiger partial charge >= 0.3 is 6.09 Å². The standard InChI is InChI=1S/C22H45NO2/c1-5-6-7-8-9-10-11-12-13-14-15-16-17-18-19-20-23-21(24)25-22(2,3)4/h5-20H2,1-4H3,(H,23,24). The predicted molar refractivity (Wildman–Crippen MR) is 109 cm³/mol. The highest BCUT2D eigenvalue weighted by atomic mass is 16.6. The van der Waals surface area contributed by atoms with Crippen LogP contribution in [-0.4, -0.2) is 18.2 Å². The van der Waals surface area contributed by atoms with E-state index < -0.39 is 5.60 Å². The lowest BCUT2D eigenvalue weighted by molar-refractivity contribution is 0.0527. The molecule has 0 aliphatic heterocycles. The van der Waals surface area contributed by atoms with Gasteiger partial charge in [0.2, 0.25) is 0 Å². The van der Waals surface area contributed by atoms with Gasteiger partial charge in [0, 0.05) is 6.54 Å². The molecule has 1 amide bonds. The molecule has 3 nitrogen and oxygen atoms in total. The van der Waals surface area contributed by atoms with Crippen molar-refractivity contribution in [2.75, 3.05) is 6.54 Å². The van der Waals surface area contributed by atoms with Gasteiger partial charge in [-0.05, 0) is 27.2 Å². The van der Waals surface area contributed by atoms with E-state index in [1.165, 1.54) is 89.9 Å². The zero-order valence-corrected chi connectivity index (χ0v) is 17.6. The molecular weight excluding hydrogens is 310 g/mol. The molecule has 0 saturated carbocycles. The molecule has 150 valence electrons. The number of unbranched alkanes of at least 4 members (excludes halogenated alkanes) is 14. The maximum atomic E-state index is 11.5. The minimum atomic E-state index is -0.404. The van der Waals surface area contributed by atoms with Crippen molar-refractivity contribution < 1.29 is 9.53 Å². The molecule has 0 saturated heterocycles. The van der Waals surface area contributed by atoms with Gasteiger partial charge in [-0.25, -0.2) is 4.79 Å². The Morgan fingerprint density at radius 1 is 0.680 bits per heavy atom. The van der Waals surface area contributed by atoms with Crippen molar-refractivity contribution in [1.82, 2.24) is 5.32 Å². The summed E-state index contributed by atoms with van der Waals surface area (Å²) in [5.74, 6) is 0. The average Bonchev–Trinajstić information content (AvgIpc) is 2.53. The minimum absolute atomic E-state index is 0.294. The molecule has 0 atom stereocenters. The highest BCUT2D eigenvalue weighted by Crippen LogP contribution is 2.13. The van der Waals surface area contributed by atoms with Gasteiger partial charge in [-0.2, -0.15) is 0 Å². The summed E-state index contributed by atoms with van der Waals surface area (Å²) in [6, 6.07) is 0. The van der Waals surface area contributed by atoms with Crippen LogP contribution in [0.5, 0.6) is 0 Å². The molecule has 0 aromatic rings. The van der Waals surface area contributed by atoms with Gasteiger partial charge in [0.15, 0.2) is 0 Å². The Kier molecular flexibility index (Phi) is 16.2. The largest absolute Gasteiger partial charge is 0.444 e. The van der Waals surface area contributed by atoms with E-state index in [1.807, 2.05) is 20.8 Å². The Balaban J connectivity index is 3.13. The van der Waals surface area contributed by atoms with Gasteiger partial charge in [-0.3, -0.25) is 0 Å². The smallest absolute Gasteiger partial charge is 0.407 e. The zero-order chi connectivity index (χ0) is 18.8. The number of amides is 1. The molecule has 0 aliphatic rings. The third kappa shape index (κ3) is 21.2. The Hall–Kier alpha value is -0.730. The lowest BCUT2D eigenvalue weighted by atomic mass is 10.0. The fourth-order valence-corrected chi connectivity index (χ4v) is 3.00. The van der Waals surface area contributed by atoms with Gasteiger partial charge < -0.3 is 10.1 Å². The number of hydrogen-bond donors (Lipinski definition) is 1. The number of carbonyl (C=O) groups is 1. The molecule has 0 spiro atoms. The van der Waals surface area contributed by atoms with E-state index in [1.54, 1.807) is 0 Å². The molecule has 0 aromatic carbocycles. The van der Waals surface area contributed by atoms with E-state index in [9.17, 15) is 4.79 Å². The van der Waals surface area contributed by atoms with Crippen LogP contribution in [0.1, 0.15) is 124 Å². The molecular formula is C22H45NO2. The van der Waals surface area contributed by atoms with Crippen LogP contribution in [0.25, 0.3) is 0 Å². The minimum Gasteiger partial charge on any atom is -0.444 e. The van der Waals surface area contributed by atoms with Crippen LogP contribution in [0.3, 0.4) is 0 Å². The third-order valence-corrected chi connectivity index (χ3v) is 4.45. The molecule has 0 aliphatic carbocycles. The second-order valence-electron chi connectivity index (χ2n) is 8.38. The fourth-order valence-electron chi connectivity index (χ4n) is 3.00. The normalized spacial score (nSPS) is 11.5. The van der Waals surface area contributed by atoms with Crippen molar-refractivity contribution in [3.8, 4) is 0 Å². The Morgan fingerprint density at radius 2 is 1.04 bits per heavy atom. The monoisotopic (exact) mass is 355 g/mol. The van der Waals surface area contributed by atoms with Crippen molar-refractivity contribution in [3.63, 3.8) is 0 Å². The van der Waals surface area contributed by atoms with E-state index in [2.05, 4.69) is 12.2 Å². The number of carbonyl (C=O) groups excluding carboxylic acids is 1. The Morgan fingerprint density at radius 3 is 1.40 bits per heavy atom. The SMILES string of the molecule is CCCCCCCCCCCCCCCCCNC(=O)OC(C)(C)C. The van der Waals surface area contributed by atoms with Crippen LogP contribution in [0, 0.1) is 0 Å². The maximum absolute atomic E-state index is 11.5. The van der Waals surface area contributed by atoms with Crippen molar-refractivity contribution in [2.45, 2.75) is 130 Å². The predicted octanol–water partition coefficient (Wildman–Crippen LogP) is 7.38. The fraction of sp³-hybridized carbons (Fsp3) is 0.955. The van der Waals surface area contributed by atoms with Crippen LogP contribution in [0.2, 0.25) is 0 Å². The van der Waals surface area contributed by atoms with Gasteiger partial charge in [-0.1, -0.05) is 96.8 Å². The first-order valence-electron chi connectivity index (χ1n) is 10.9. The molecule has 0 radical (unpaired) electrons. The van der Waals surface area contributed by atoms with Crippen LogP contribution >= 0.6 is 0 Å². The summed E-state index contributed by atoms with van der Waals surface area (Å²) in [5, 5.41) is 2.82. The second kappa shape index (κ2) is 16.7. The van der Waals surface area contributed by atoms with E-state index in [-0.39, 0.29) is 6.09 Å². The summed E-state index contributed by atoms with van der Waals surface area (Å²) < 4.78 is 5.21. The van der Waals surface area contributed by atoms with E-state index in [0.29, 0.717) is 0 Å². The van der Waals surface area contributed by atoms with Crippen molar-refractivity contribution in [2.24, 2.45) is 0 Å². The summed E-state index contributed by atoms with van der Waals surface area (Å²) in [6.45, 7) is 8.68. The maximum Gasteiger partial charge on any atom is 0.407 e. The lowest BCUT2D eigenvalue weighted by Gasteiger charge is -2.19. The Bertz CT molecular complexity index is 297. The topological polar surface area (TPSA) is 38.3 Å². The molecule has 0 aromatic heterocycles. The molecule has 0 rings (SSSR count). The van der Waals surface area contributed by atoms with E-state index >= 15 is 0 Å². The molecule has 0 fully saturated rings. The first kappa shape index (κ1) is 24.3. The number of hydrogen-bond acceptors (Lipinski definition) is 2. The van der Waals surface area contributed by atoms with E-state index in [4.69, 9.17) is 4.74 Å². The van der Waals surface area contributed by atoms with Crippen molar-refractivity contribution in [3.05, 3.63) is 0 Å². The third-order valence-electron chi connectivity index (χ3n) is 4.45. The first-order chi connectivity index (χ1) is 12.0. The van der Waals surface area contributed by atoms with Crippen LogP contribution < -0.4 is 5.32 Å². The molecule has 25 heavy (non-hydrogen) atoms. The highest BCUT2D eigenvalue weighted by molar-refractivity contribution is 5.67. The van der Waals surface area contributed by atoms with Gasteiger partial charge in [0.25, 0.3) is 0 Å². The molecule has 1 N–H and O–H groups in total. The van der Waals surface area contributed by atoms with Crippen LogP contribution in [0.15, 0.2) is 0 Å². The number of ether oxygens (including phenoxy) is 1. The molecule has 0 unspecified atom stereocenters. The molecule has 3 heteroatoms.